The number of hydrogen-bond acceptors (Lipinski definition) is 5. The number of fused-ring (bicyclic) bond motifs is 1. The van der Waals surface area contributed by atoms with Gasteiger partial charge < -0.3 is 0 Å². The highest BCUT2D eigenvalue weighted by molar-refractivity contribution is 6.31. The number of rotatable bonds is 4. The van der Waals surface area contributed by atoms with E-state index < -0.39 is 0 Å². The molecule has 7 nitrogen and oxygen atoms in total. The standard InChI is InChI=1S/C20H17ClN6O/c1-12-5-3-4-6-15(12)20(28)26-25-18-16-10-24-27(19(16)23-11-22-18)14-8-7-13(2)17(21)9-14/h3-11H,1-2H3,(H,26,28)(H,22,23,25). The zero-order valence-electron chi connectivity index (χ0n) is 15.3. The largest absolute Gasteiger partial charge is 0.281 e. The fourth-order valence-electron chi connectivity index (χ4n) is 2.86. The zero-order valence-corrected chi connectivity index (χ0v) is 16.0. The third-order valence-corrected chi connectivity index (χ3v) is 4.86. The highest BCUT2D eigenvalue weighted by Gasteiger charge is 2.13. The molecule has 0 atom stereocenters. The van der Waals surface area contributed by atoms with Crippen LogP contribution in [0.3, 0.4) is 0 Å². The lowest BCUT2D eigenvalue weighted by atomic mass is 10.1. The summed E-state index contributed by atoms with van der Waals surface area (Å²) in [4.78, 5) is 21.0. The second kappa shape index (κ2) is 7.28. The lowest BCUT2D eigenvalue weighted by Crippen LogP contribution is -2.30. The molecule has 0 saturated heterocycles. The van der Waals surface area contributed by atoms with E-state index in [1.54, 1.807) is 16.9 Å². The number of carbonyl (C=O) groups is 1. The minimum absolute atomic E-state index is 0.248. The van der Waals surface area contributed by atoms with Gasteiger partial charge in [-0.15, -0.1) is 0 Å². The second-order valence-corrected chi connectivity index (χ2v) is 6.75. The van der Waals surface area contributed by atoms with Crippen LogP contribution in [-0.4, -0.2) is 25.7 Å². The van der Waals surface area contributed by atoms with Crippen molar-refractivity contribution in [2.24, 2.45) is 0 Å². The Morgan fingerprint density at radius 2 is 1.89 bits per heavy atom. The van der Waals surface area contributed by atoms with Crippen molar-refractivity contribution >= 4 is 34.4 Å². The van der Waals surface area contributed by atoms with Gasteiger partial charge in [0.25, 0.3) is 5.91 Å². The van der Waals surface area contributed by atoms with E-state index in [9.17, 15) is 4.79 Å². The fourth-order valence-corrected chi connectivity index (χ4v) is 3.03. The molecule has 0 aliphatic rings. The van der Waals surface area contributed by atoms with Crippen LogP contribution in [-0.2, 0) is 0 Å². The van der Waals surface area contributed by atoms with Crippen LogP contribution in [0.4, 0.5) is 5.82 Å². The van der Waals surface area contributed by atoms with Crippen molar-refractivity contribution in [1.29, 1.82) is 0 Å². The summed E-state index contributed by atoms with van der Waals surface area (Å²) < 4.78 is 1.68. The van der Waals surface area contributed by atoms with Gasteiger partial charge in [-0.2, -0.15) is 5.10 Å². The monoisotopic (exact) mass is 392 g/mol. The fraction of sp³-hybridized carbons (Fsp3) is 0.100. The summed E-state index contributed by atoms with van der Waals surface area (Å²) in [6.07, 6.45) is 3.06. The van der Waals surface area contributed by atoms with E-state index in [0.29, 0.717) is 27.4 Å². The summed E-state index contributed by atoms with van der Waals surface area (Å²) in [7, 11) is 0. The maximum Gasteiger partial charge on any atom is 0.269 e. The van der Waals surface area contributed by atoms with E-state index in [1.807, 2.05) is 50.2 Å². The van der Waals surface area contributed by atoms with Gasteiger partial charge in [0.15, 0.2) is 11.5 Å². The molecular weight excluding hydrogens is 376 g/mol. The molecule has 28 heavy (non-hydrogen) atoms. The second-order valence-electron chi connectivity index (χ2n) is 6.34. The van der Waals surface area contributed by atoms with E-state index in [4.69, 9.17) is 11.6 Å². The summed E-state index contributed by atoms with van der Waals surface area (Å²) in [5.74, 6) is 0.207. The van der Waals surface area contributed by atoms with Gasteiger partial charge in [-0.3, -0.25) is 15.6 Å². The normalized spacial score (nSPS) is 10.8. The quantitative estimate of drug-likeness (QED) is 0.515. The molecule has 0 aliphatic carbocycles. The van der Waals surface area contributed by atoms with E-state index in [2.05, 4.69) is 25.9 Å². The molecular formula is C20H17ClN6O. The number of nitrogens with one attached hydrogen (secondary N) is 2. The molecule has 2 heterocycles. The number of aryl methyl sites for hydroxylation is 2. The van der Waals surface area contributed by atoms with Crippen LogP contribution in [0.25, 0.3) is 16.7 Å². The number of hydrogen-bond donors (Lipinski definition) is 2. The first-order valence-corrected chi connectivity index (χ1v) is 8.99. The van der Waals surface area contributed by atoms with Gasteiger partial charge in [0.05, 0.1) is 17.3 Å². The lowest BCUT2D eigenvalue weighted by molar-refractivity contribution is 0.0962. The Balaban J connectivity index is 1.62. The Labute approximate surface area is 166 Å². The molecule has 2 aromatic carbocycles. The molecule has 0 fully saturated rings. The van der Waals surface area contributed by atoms with Crippen molar-refractivity contribution in [1.82, 2.24) is 25.2 Å². The average Bonchev–Trinajstić information content (AvgIpc) is 3.13. The van der Waals surface area contributed by atoms with Gasteiger partial charge in [0.2, 0.25) is 0 Å². The number of amides is 1. The van der Waals surface area contributed by atoms with Crippen molar-refractivity contribution in [3.8, 4) is 5.69 Å². The Hall–Kier alpha value is -3.45. The van der Waals surface area contributed by atoms with Crippen LogP contribution in [0.1, 0.15) is 21.5 Å². The Bertz CT molecular complexity index is 1190. The SMILES string of the molecule is Cc1ccc(-n2ncc3c(NNC(=O)c4ccccc4C)ncnc32)cc1Cl. The molecule has 0 unspecified atom stereocenters. The first-order valence-electron chi connectivity index (χ1n) is 8.62. The maximum absolute atomic E-state index is 12.4. The number of halogens is 1. The molecule has 0 radical (unpaired) electrons. The first-order chi connectivity index (χ1) is 13.5. The van der Waals surface area contributed by atoms with Gasteiger partial charge in [-0.25, -0.2) is 14.6 Å². The molecule has 0 spiro atoms. The average molecular weight is 393 g/mol. The minimum atomic E-state index is -0.248. The number of aromatic nitrogens is 4. The van der Waals surface area contributed by atoms with Gasteiger partial charge in [-0.1, -0.05) is 35.9 Å². The van der Waals surface area contributed by atoms with E-state index in [0.717, 1.165) is 16.8 Å². The molecule has 4 rings (SSSR count). The third-order valence-electron chi connectivity index (χ3n) is 4.45. The molecule has 4 aromatic rings. The molecule has 0 bridgehead atoms. The van der Waals surface area contributed by atoms with Crippen LogP contribution in [0.2, 0.25) is 5.02 Å². The van der Waals surface area contributed by atoms with Crippen molar-refractivity contribution in [2.45, 2.75) is 13.8 Å². The number of nitrogens with zero attached hydrogens (tertiary/aromatic N) is 4. The van der Waals surface area contributed by atoms with Crippen molar-refractivity contribution < 1.29 is 4.79 Å². The molecule has 1 amide bonds. The van der Waals surface area contributed by atoms with E-state index in [1.165, 1.54) is 6.33 Å². The van der Waals surface area contributed by atoms with Crippen LogP contribution in [0, 0.1) is 13.8 Å². The predicted molar refractivity (Wildman–Crippen MR) is 109 cm³/mol. The highest BCUT2D eigenvalue weighted by Crippen LogP contribution is 2.24. The Morgan fingerprint density at radius 1 is 1.07 bits per heavy atom. The van der Waals surface area contributed by atoms with Gasteiger partial charge in [-0.05, 0) is 43.2 Å². The maximum atomic E-state index is 12.4. The topological polar surface area (TPSA) is 84.7 Å². The molecule has 2 N–H and O–H groups in total. The predicted octanol–water partition coefficient (Wildman–Crippen LogP) is 3.84. The van der Waals surface area contributed by atoms with Crippen molar-refractivity contribution in [3.63, 3.8) is 0 Å². The Kier molecular flexibility index (Phi) is 4.67. The van der Waals surface area contributed by atoms with Crippen LogP contribution in [0.5, 0.6) is 0 Å². The van der Waals surface area contributed by atoms with Crippen LogP contribution >= 0.6 is 11.6 Å². The molecule has 8 heteroatoms. The smallest absolute Gasteiger partial charge is 0.269 e. The van der Waals surface area contributed by atoms with Crippen molar-refractivity contribution in [2.75, 3.05) is 5.43 Å². The molecule has 0 saturated carbocycles. The summed E-state index contributed by atoms with van der Waals surface area (Å²) in [6.45, 7) is 3.82. The van der Waals surface area contributed by atoms with Crippen molar-refractivity contribution in [3.05, 3.63) is 76.7 Å². The van der Waals surface area contributed by atoms with E-state index >= 15 is 0 Å². The van der Waals surface area contributed by atoms with Gasteiger partial charge in [0.1, 0.15) is 6.33 Å². The Morgan fingerprint density at radius 3 is 2.68 bits per heavy atom. The lowest BCUT2D eigenvalue weighted by Gasteiger charge is -2.10. The number of hydrazine groups is 1. The molecule has 2 aromatic heterocycles. The summed E-state index contributed by atoms with van der Waals surface area (Å²) in [5, 5.41) is 5.72. The first kappa shape index (κ1) is 17.9. The van der Waals surface area contributed by atoms with E-state index in [-0.39, 0.29) is 5.91 Å². The molecule has 0 aliphatic heterocycles. The van der Waals surface area contributed by atoms with Crippen LogP contribution in [0.15, 0.2) is 55.0 Å². The summed E-state index contributed by atoms with van der Waals surface area (Å²) >= 11 is 6.24. The molecule has 140 valence electrons. The summed E-state index contributed by atoms with van der Waals surface area (Å²) in [6, 6.07) is 13.0. The number of anilines is 1. The summed E-state index contributed by atoms with van der Waals surface area (Å²) in [5.41, 5.74) is 9.40. The minimum Gasteiger partial charge on any atom is -0.281 e. The van der Waals surface area contributed by atoms with Gasteiger partial charge in [0, 0.05) is 10.6 Å². The highest BCUT2D eigenvalue weighted by atomic mass is 35.5. The number of benzene rings is 2. The third kappa shape index (κ3) is 3.27. The van der Waals surface area contributed by atoms with Gasteiger partial charge >= 0.3 is 0 Å². The van der Waals surface area contributed by atoms with Crippen LogP contribution < -0.4 is 10.9 Å². The zero-order chi connectivity index (χ0) is 19.7. The number of carbonyl (C=O) groups excluding carboxylic acids is 1.